The Morgan fingerprint density at radius 3 is 2.67 bits per heavy atom. The number of amides is 1. The molecule has 2 atom stereocenters. The summed E-state index contributed by atoms with van der Waals surface area (Å²) in [6.45, 7) is 5.54. The number of rotatable bonds is 1. The van der Waals surface area contributed by atoms with Gasteiger partial charge in [-0.1, -0.05) is 6.42 Å². The molecule has 0 heterocycles. The van der Waals surface area contributed by atoms with Gasteiger partial charge in [-0.05, 0) is 33.6 Å². The Labute approximate surface area is 91.6 Å². The van der Waals surface area contributed by atoms with E-state index in [0.717, 1.165) is 19.3 Å². The van der Waals surface area contributed by atoms with Crippen molar-refractivity contribution >= 4 is 6.09 Å². The molecule has 3 nitrogen and oxygen atoms in total. The average Bonchev–Trinajstić information content (AvgIpc) is 2.48. The first-order valence-electron chi connectivity index (χ1n) is 5.38. The van der Waals surface area contributed by atoms with Gasteiger partial charge in [-0.15, -0.1) is 12.3 Å². The van der Waals surface area contributed by atoms with Crippen molar-refractivity contribution in [3.8, 4) is 12.3 Å². The van der Waals surface area contributed by atoms with Crippen molar-refractivity contribution in [2.24, 2.45) is 5.92 Å². The van der Waals surface area contributed by atoms with Gasteiger partial charge in [0, 0.05) is 12.0 Å². The Bertz CT molecular complexity index is 272. The van der Waals surface area contributed by atoms with Crippen molar-refractivity contribution < 1.29 is 9.53 Å². The summed E-state index contributed by atoms with van der Waals surface area (Å²) in [7, 11) is 0. The van der Waals surface area contributed by atoms with Gasteiger partial charge < -0.3 is 10.1 Å². The fourth-order valence-electron chi connectivity index (χ4n) is 1.79. The van der Waals surface area contributed by atoms with Crippen molar-refractivity contribution in [1.29, 1.82) is 0 Å². The molecule has 0 spiro atoms. The monoisotopic (exact) mass is 209 g/mol. The van der Waals surface area contributed by atoms with Crippen LogP contribution in [0.3, 0.4) is 0 Å². The summed E-state index contributed by atoms with van der Waals surface area (Å²) in [5.41, 5.74) is -0.450. The molecule has 0 aromatic heterocycles. The Hall–Kier alpha value is -1.17. The van der Waals surface area contributed by atoms with E-state index in [-0.39, 0.29) is 18.1 Å². The second kappa shape index (κ2) is 4.57. The van der Waals surface area contributed by atoms with Gasteiger partial charge in [0.15, 0.2) is 0 Å². The molecule has 1 fully saturated rings. The minimum atomic E-state index is -0.450. The first kappa shape index (κ1) is 11.9. The van der Waals surface area contributed by atoms with Crippen LogP contribution in [0.4, 0.5) is 4.79 Å². The second-order valence-corrected chi connectivity index (χ2v) is 4.96. The Morgan fingerprint density at radius 2 is 2.13 bits per heavy atom. The maximum Gasteiger partial charge on any atom is 0.407 e. The van der Waals surface area contributed by atoms with E-state index < -0.39 is 5.60 Å². The highest BCUT2D eigenvalue weighted by atomic mass is 16.6. The lowest BCUT2D eigenvalue weighted by atomic mass is 10.1. The van der Waals surface area contributed by atoms with Gasteiger partial charge in [0.1, 0.15) is 5.60 Å². The van der Waals surface area contributed by atoms with Gasteiger partial charge >= 0.3 is 6.09 Å². The second-order valence-electron chi connectivity index (χ2n) is 4.96. The van der Waals surface area contributed by atoms with Crippen molar-refractivity contribution in [1.82, 2.24) is 5.32 Å². The van der Waals surface area contributed by atoms with E-state index in [0.29, 0.717) is 0 Å². The van der Waals surface area contributed by atoms with Crippen LogP contribution in [0, 0.1) is 18.3 Å². The molecule has 0 radical (unpaired) electrons. The highest BCUT2D eigenvalue weighted by Crippen LogP contribution is 2.25. The molecule has 84 valence electrons. The summed E-state index contributed by atoms with van der Waals surface area (Å²) in [5.74, 6) is 2.88. The summed E-state index contributed by atoms with van der Waals surface area (Å²) >= 11 is 0. The van der Waals surface area contributed by atoms with E-state index in [1.807, 2.05) is 20.8 Å². The molecule has 15 heavy (non-hydrogen) atoms. The Balaban J connectivity index is 2.42. The largest absolute Gasteiger partial charge is 0.444 e. The molecule has 0 bridgehead atoms. The van der Waals surface area contributed by atoms with Crippen molar-refractivity contribution in [3.05, 3.63) is 0 Å². The molecular weight excluding hydrogens is 190 g/mol. The zero-order valence-corrected chi connectivity index (χ0v) is 9.67. The van der Waals surface area contributed by atoms with E-state index in [2.05, 4.69) is 11.2 Å². The lowest BCUT2D eigenvalue weighted by Crippen LogP contribution is -2.40. The smallest absolute Gasteiger partial charge is 0.407 e. The van der Waals surface area contributed by atoms with Crippen molar-refractivity contribution in [2.45, 2.75) is 51.7 Å². The molecule has 0 aromatic carbocycles. The number of hydrogen-bond acceptors (Lipinski definition) is 2. The zero-order chi connectivity index (χ0) is 11.5. The molecular formula is C12H19NO2. The highest BCUT2D eigenvalue weighted by molar-refractivity contribution is 5.68. The standard InChI is InChI=1S/C12H19NO2/c1-5-9-7-6-8-10(9)13-11(14)15-12(2,3)4/h1,9-10H,6-8H2,2-4H3,(H,13,14)/t9-,10-/m0/s1. The highest BCUT2D eigenvalue weighted by Gasteiger charge is 2.28. The van der Waals surface area contributed by atoms with E-state index in [9.17, 15) is 4.79 Å². The van der Waals surface area contributed by atoms with E-state index >= 15 is 0 Å². The lowest BCUT2D eigenvalue weighted by molar-refractivity contribution is 0.0499. The maximum atomic E-state index is 11.5. The SMILES string of the molecule is C#C[C@H]1CCC[C@@H]1NC(=O)OC(C)(C)C. The maximum absolute atomic E-state index is 11.5. The van der Waals surface area contributed by atoms with Crippen LogP contribution in [-0.4, -0.2) is 17.7 Å². The van der Waals surface area contributed by atoms with Crippen LogP contribution in [0.25, 0.3) is 0 Å². The summed E-state index contributed by atoms with van der Waals surface area (Å²) in [4.78, 5) is 11.5. The molecule has 1 amide bonds. The first-order chi connectivity index (χ1) is 6.92. The van der Waals surface area contributed by atoms with Crippen LogP contribution in [-0.2, 0) is 4.74 Å². The minimum absolute atomic E-state index is 0.0878. The summed E-state index contributed by atoms with van der Waals surface area (Å²) in [6.07, 6.45) is 8.05. The van der Waals surface area contributed by atoms with Crippen LogP contribution in [0.1, 0.15) is 40.0 Å². The third-order valence-electron chi connectivity index (χ3n) is 2.43. The normalized spacial score (nSPS) is 25.7. The van der Waals surface area contributed by atoms with Gasteiger partial charge in [-0.3, -0.25) is 0 Å². The molecule has 1 aliphatic rings. The quantitative estimate of drug-likeness (QED) is 0.673. The molecule has 1 rings (SSSR count). The van der Waals surface area contributed by atoms with Gasteiger partial charge in [0.05, 0.1) is 0 Å². The fourth-order valence-corrected chi connectivity index (χ4v) is 1.79. The topological polar surface area (TPSA) is 38.3 Å². The molecule has 1 saturated carbocycles. The van der Waals surface area contributed by atoms with Crippen LogP contribution < -0.4 is 5.32 Å². The number of terminal acetylenes is 1. The number of carbonyl (C=O) groups is 1. The number of ether oxygens (including phenoxy) is 1. The zero-order valence-electron chi connectivity index (χ0n) is 9.67. The molecule has 1 aliphatic carbocycles. The molecule has 0 aromatic rings. The van der Waals surface area contributed by atoms with Crippen LogP contribution in [0.15, 0.2) is 0 Å². The van der Waals surface area contributed by atoms with Gasteiger partial charge in [-0.25, -0.2) is 4.79 Å². The van der Waals surface area contributed by atoms with Crippen molar-refractivity contribution in [3.63, 3.8) is 0 Å². The van der Waals surface area contributed by atoms with Gasteiger partial charge in [0.25, 0.3) is 0 Å². The number of nitrogens with one attached hydrogen (secondary N) is 1. The lowest BCUT2D eigenvalue weighted by Gasteiger charge is -2.23. The number of hydrogen-bond donors (Lipinski definition) is 1. The first-order valence-corrected chi connectivity index (χ1v) is 5.38. The third-order valence-corrected chi connectivity index (χ3v) is 2.43. The fraction of sp³-hybridized carbons (Fsp3) is 0.750. The van der Waals surface area contributed by atoms with Gasteiger partial charge in [0.2, 0.25) is 0 Å². The third kappa shape index (κ3) is 3.83. The predicted octanol–water partition coefficient (Wildman–Crippen LogP) is 2.31. The van der Waals surface area contributed by atoms with Crippen molar-refractivity contribution in [2.75, 3.05) is 0 Å². The molecule has 0 unspecified atom stereocenters. The molecule has 0 saturated heterocycles. The molecule has 3 heteroatoms. The number of alkyl carbamates (subject to hydrolysis) is 1. The predicted molar refractivity (Wildman–Crippen MR) is 59.3 cm³/mol. The molecule has 1 N–H and O–H groups in total. The molecule has 0 aliphatic heterocycles. The van der Waals surface area contributed by atoms with E-state index in [1.54, 1.807) is 0 Å². The Morgan fingerprint density at radius 1 is 1.47 bits per heavy atom. The summed E-state index contributed by atoms with van der Waals surface area (Å²) < 4.78 is 5.17. The minimum Gasteiger partial charge on any atom is -0.444 e. The van der Waals surface area contributed by atoms with Gasteiger partial charge in [-0.2, -0.15) is 0 Å². The average molecular weight is 209 g/mol. The van der Waals surface area contributed by atoms with E-state index in [4.69, 9.17) is 11.2 Å². The van der Waals surface area contributed by atoms with Crippen LogP contribution >= 0.6 is 0 Å². The summed E-state index contributed by atoms with van der Waals surface area (Å²) in [5, 5.41) is 2.83. The number of carbonyl (C=O) groups excluding carboxylic acids is 1. The summed E-state index contributed by atoms with van der Waals surface area (Å²) in [6, 6.07) is 0.0878. The van der Waals surface area contributed by atoms with E-state index in [1.165, 1.54) is 0 Å². The van der Waals surface area contributed by atoms with Crippen LogP contribution in [0.5, 0.6) is 0 Å². The Kier molecular flexibility index (Phi) is 3.62. The van der Waals surface area contributed by atoms with Crippen LogP contribution in [0.2, 0.25) is 0 Å².